The number of aliphatic hydroxyl groups is 2. The molecule has 2 aliphatic rings. The third kappa shape index (κ3) is 1.30. The Balaban J connectivity index is 2.18. The van der Waals surface area contributed by atoms with E-state index in [1.54, 1.807) is 0 Å². The molecule has 0 spiro atoms. The summed E-state index contributed by atoms with van der Waals surface area (Å²) in [5.41, 5.74) is 0.317. The number of aliphatic hydroxyl groups excluding tert-OH is 2. The zero-order valence-corrected chi connectivity index (χ0v) is 10.0. The Morgan fingerprint density at radius 2 is 2.00 bits per heavy atom. The smallest absolute Gasteiger partial charge is 0.116 e. The van der Waals surface area contributed by atoms with Crippen molar-refractivity contribution in [1.82, 2.24) is 0 Å². The molecule has 3 heteroatoms. The Bertz CT molecular complexity index is 254. The Morgan fingerprint density at radius 3 is 2.47 bits per heavy atom. The first-order valence-corrected chi connectivity index (χ1v) is 6.07. The molecule has 0 unspecified atom stereocenters. The zero-order chi connectivity index (χ0) is 11.3. The molecule has 3 nitrogen and oxygen atoms in total. The highest BCUT2D eigenvalue weighted by molar-refractivity contribution is 5.14. The van der Waals surface area contributed by atoms with Crippen LogP contribution in [0.3, 0.4) is 0 Å². The first-order chi connectivity index (χ1) is 6.95. The number of fused-ring (bicyclic) bond motifs is 2. The number of nitrogens with two attached hydrogens (primary N) is 1. The van der Waals surface area contributed by atoms with Crippen molar-refractivity contribution in [2.75, 3.05) is 13.2 Å². The quantitative estimate of drug-likeness (QED) is 0.605. The first kappa shape index (κ1) is 11.4. The van der Waals surface area contributed by atoms with Crippen molar-refractivity contribution < 1.29 is 15.5 Å². The van der Waals surface area contributed by atoms with Crippen LogP contribution in [0, 0.1) is 16.7 Å². The summed E-state index contributed by atoms with van der Waals surface area (Å²) in [7, 11) is 0. The van der Waals surface area contributed by atoms with Crippen LogP contribution in [0.1, 0.15) is 33.6 Å². The lowest BCUT2D eigenvalue weighted by Gasteiger charge is -2.36. The predicted molar refractivity (Wildman–Crippen MR) is 58.3 cm³/mol. The number of hydrogen-bond donors (Lipinski definition) is 3. The van der Waals surface area contributed by atoms with Crippen molar-refractivity contribution in [2.24, 2.45) is 16.7 Å². The van der Waals surface area contributed by atoms with E-state index in [1.807, 2.05) is 0 Å². The Hall–Kier alpha value is -0.120. The summed E-state index contributed by atoms with van der Waals surface area (Å²) in [6.45, 7) is 7.73. The molecule has 0 heterocycles. The molecule has 2 bridgehead atoms. The van der Waals surface area contributed by atoms with E-state index in [-0.39, 0.29) is 23.5 Å². The Labute approximate surface area is 91.9 Å². The monoisotopic (exact) mass is 214 g/mol. The van der Waals surface area contributed by atoms with Gasteiger partial charge in [0.25, 0.3) is 0 Å². The lowest BCUT2D eigenvalue weighted by atomic mass is 9.70. The van der Waals surface area contributed by atoms with Gasteiger partial charge in [0.1, 0.15) is 12.1 Å². The van der Waals surface area contributed by atoms with Gasteiger partial charge < -0.3 is 15.5 Å². The second kappa shape index (κ2) is 3.44. The van der Waals surface area contributed by atoms with Gasteiger partial charge in [-0.05, 0) is 18.3 Å². The van der Waals surface area contributed by atoms with Crippen molar-refractivity contribution in [2.45, 2.75) is 45.8 Å². The number of rotatable bonds is 3. The summed E-state index contributed by atoms with van der Waals surface area (Å²) >= 11 is 0. The average Bonchev–Trinajstić information content (AvgIpc) is 2.48. The molecule has 2 fully saturated rings. The summed E-state index contributed by atoms with van der Waals surface area (Å²) in [6.07, 6.45) is 2.17. The number of quaternary nitrogens is 1. The van der Waals surface area contributed by atoms with Crippen molar-refractivity contribution >= 4 is 0 Å². The minimum Gasteiger partial charge on any atom is -0.391 e. The van der Waals surface area contributed by atoms with Gasteiger partial charge in [-0.1, -0.05) is 20.8 Å². The van der Waals surface area contributed by atoms with Crippen LogP contribution in [0.15, 0.2) is 0 Å². The van der Waals surface area contributed by atoms with Crippen molar-refractivity contribution in [3.8, 4) is 0 Å². The van der Waals surface area contributed by atoms with Crippen LogP contribution >= 0.6 is 0 Å². The fraction of sp³-hybridized carbons (Fsp3) is 1.00. The van der Waals surface area contributed by atoms with E-state index >= 15 is 0 Å². The van der Waals surface area contributed by atoms with E-state index in [9.17, 15) is 5.11 Å². The summed E-state index contributed by atoms with van der Waals surface area (Å²) in [4.78, 5) is 0. The molecule has 0 amide bonds. The van der Waals surface area contributed by atoms with Crippen LogP contribution in [-0.4, -0.2) is 35.5 Å². The normalized spacial score (nSPS) is 47.4. The molecule has 0 aromatic rings. The molecular weight excluding hydrogens is 190 g/mol. The highest BCUT2D eigenvalue weighted by Gasteiger charge is 2.67. The topological polar surface area (TPSA) is 57.1 Å². The van der Waals surface area contributed by atoms with Crippen LogP contribution in [0.5, 0.6) is 0 Å². The fourth-order valence-corrected chi connectivity index (χ4v) is 3.97. The zero-order valence-electron chi connectivity index (χ0n) is 10.0. The molecule has 88 valence electrons. The van der Waals surface area contributed by atoms with Gasteiger partial charge >= 0.3 is 0 Å². The van der Waals surface area contributed by atoms with Crippen molar-refractivity contribution in [3.05, 3.63) is 0 Å². The van der Waals surface area contributed by atoms with Crippen molar-refractivity contribution in [1.29, 1.82) is 0 Å². The maximum Gasteiger partial charge on any atom is 0.116 e. The molecule has 2 saturated carbocycles. The molecule has 2 rings (SSSR count). The van der Waals surface area contributed by atoms with Gasteiger partial charge in [-0.2, -0.15) is 0 Å². The second-order valence-electron chi connectivity index (χ2n) is 6.05. The van der Waals surface area contributed by atoms with Gasteiger partial charge in [-0.25, -0.2) is 0 Å². The van der Waals surface area contributed by atoms with Gasteiger partial charge in [-0.15, -0.1) is 0 Å². The van der Waals surface area contributed by atoms with Gasteiger partial charge in [0.05, 0.1) is 13.2 Å². The maximum atomic E-state index is 10.4. The minimum absolute atomic E-state index is 0.0777. The summed E-state index contributed by atoms with van der Waals surface area (Å²) in [5, 5.41) is 21.4. The lowest BCUT2D eigenvalue weighted by molar-refractivity contribution is -0.703. The molecule has 0 saturated heterocycles. The Morgan fingerprint density at radius 1 is 1.33 bits per heavy atom. The average molecular weight is 214 g/mol. The van der Waals surface area contributed by atoms with E-state index in [4.69, 9.17) is 5.11 Å². The minimum atomic E-state index is -0.210. The molecule has 4 N–H and O–H groups in total. The third-order valence-corrected chi connectivity index (χ3v) is 5.42. The van der Waals surface area contributed by atoms with E-state index in [0.717, 1.165) is 6.42 Å². The van der Waals surface area contributed by atoms with E-state index < -0.39 is 0 Å². The van der Waals surface area contributed by atoms with E-state index in [1.165, 1.54) is 6.42 Å². The van der Waals surface area contributed by atoms with Crippen LogP contribution in [0.4, 0.5) is 0 Å². The largest absolute Gasteiger partial charge is 0.391 e. The van der Waals surface area contributed by atoms with Gasteiger partial charge in [0, 0.05) is 11.3 Å². The molecule has 0 aromatic heterocycles. The molecule has 0 aromatic carbocycles. The molecular formula is C12H24NO2+. The standard InChI is InChI=1S/C12H23NO2/c1-11(2)8-4-5-12(11,3)10(15)9(8)13-6-7-14/h8-10,13-15H,4-7H2,1-3H3/p+1/t8-,9-,10-,12+/m1/s1. The third-order valence-electron chi connectivity index (χ3n) is 5.42. The van der Waals surface area contributed by atoms with Crippen LogP contribution in [0.25, 0.3) is 0 Å². The second-order valence-corrected chi connectivity index (χ2v) is 6.05. The molecule has 0 aliphatic heterocycles. The van der Waals surface area contributed by atoms with Crippen LogP contribution in [-0.2, 0) is 0 Å². The maximum absolute atomic E-state index is 10.4. The highest BCUT2D eigenvalue weighted by Crippen LogP contribution is 2.64. The van der Waals surface area contributed by atoms with E-state index in [2.05, 4.69) is 26.1 Å². The van der Waals surface area contributed by atoms with Gasteiger partial charge in [0.15, 0.2) is 0 Å². The summed E-state index contributed by atoms with van der Waals surface area (Å²) < 4.78 is 0. The summed E-state index contributed by atoms with van der Waals surface area (Å²) in [5.74, 6) is 0.601. The predicted octanol–water partition coefficient (Wildman–Crippen LogP) is -0.272. The van der Waals surface area contributed by atoms with Gasteiger partial charge in [-0.3, -0.25) is 0 Å². The van der Waals surface area contributed by atoms with Gasteiger partial charge in [0.2, 0.25) is 0 Å². The summed E-state index contributed by atoms with van der Waals surface area (Å²) in [6, 6.07) is 0.297. The molecule has 2 aliphatic carbocycles. The van der Waals surface area contributed by atoms with Crippen molar-refractivity contribution in [3.63, 3.8) is 0 Å². The SMILES string of the molecule is CC1(C)[C@@H]2CC[C@@]1(C)[C@H](O)[C@@H]2[NH2+]CCO. The van der Waals surface area contributed by atoms with Crippen LogP contribution in [0.2, 0.25) is 0 Å². The Kier molecular flexibility index (Phi) is 2.61. The lowest BCUT2D eigenvalue weighted by Crippen LogP contribution is -2.94. The fourth-order valence-electron chi connectivity index (χ4n) is 3.97. The first-order valence-electron chi connectivity index (χ1n) is 6.07. The van der Waals surface area contributed by atoms with E-state index in [0.29, 0.717) is 18.5 Å². The van der Waals surface area contributed by atoms with Crippen LogP contribution < -0.4 is 5.32 Å². The molecule has 0 radical (unpaired) electrons. The number of hydrogen-bond acceptors (Lipinski definition) is 2. The molecule has 15 heavy (non-hydrogen) atoms. The highest BCUT2D eigenvalue weighted by atomic mass is 16.3. The molecule has 4 atom stereocenters.